The Hall–Kier alpha value is -5.18. The quantitative estimate of drug-likeness (QED) is 0.206. The van der Waals surface area contributed by atoms with Crippen LogP contribution < -0.4 is 0 Å². The van der Waals surface area contributed by atoms with E-state index in [2.05, 4.69) is 156 Å². The van der Waals surface area contributed by atoms with E-state index in [4.69, 9.17) is 0 Å². The molecule has 0 fully saturated rings. The van der Waals surface area contributed by atoms with Gasteiger partial charge in [-0.05, 0) is 75.5 Å². The van der Waals surface area contributed by atoms with E-state index in [0.717, 1.165) is 0 Å². The van der Waals surface area contributed by atoms with E-state index in [1.807, 2.05) is 11.3 Å². The first-order valence-corrected chi connectivity index (χ1v) is 15.2. The second-order valence-electron chi connectivity index (χ2n) is 10.9. The molecule has 0 N–H and O–H groups in total. The highest BCUT2D eigenvalue weighted by molar-refractivity contribution is 7.26. The van der Waals surface area contributed by atoms with Crippen LogP contribution in [-0.2, 0) is 0 Å². The lowest BCUT2D eigenvalue weighted by molar-refractivity contribution is 1.18. The van der Waals surface area contributed by atoms with Gasteiger partial charge in [-0.3, -0.25) is 0 Å². The average Bonchev–Trinajstić information content (AvgIpc) is 3.60. The van der Waals surface area contributed by atoms with Gasteiger partial charge in [0, 0.05) is 36.6 Å². The van der Waals surface area contributed by atoms with Crippen LogP contribution in [0.25, 0.3) is 80.7 Å². The first kappa shape index (κ1) is 23.5. The third kappa shape index (κ3) is 3.49. The van der Waals surface area contributed by atoms with Crippen molar-refractivity contribution >= 4 is 64.1 Å². The molecule has 0 saturated heterocycles. The highest BCUT2D eigenvalue weighted by Gasteiger charge is 2.19. The van der Waals surface area contributed by atoms with Crippen molar-refractivity contribution in [1.82, 2.24) is 4.57 Å². The summed E-state index contributed by atoms with van der Waals surface area (Å²) < 4.78 is 5.11. The maximum Gasteiger partial charge on any atom is 0.0548 e. The number of hydrogen-bond acceptors (Lipinski definition) is 1. The number of benzene rings is 7. The fourth-order valence-electron chi connectivity index (χ4n) is 6.68. The molecule has 0 aliphatic carbocycles. The van der Waals surface area contributed by atoms with Crippen LogP contribution in [0, 0.1) is 0 Å². The van der Waals surface area contributed by atoms with Gasteiger partial charge in [0.2, 0.25) is 0 Å². The van der Waals surface area contributed by atoms with E-state index in [9.17, 15) is 0 Å². The van der Waals surface area contributed by atoms with Crippen molar-refractivity contribution < 1.29 is 0 Å². The van der Waals surface area contributed by atoms with Crippen LogP contribution in [0.4, 0.5) is 0 Å². The molecule has 0 amide bonds. The van der Waals surface area contributed by atoms with Crippen LogP contribution in [-0.4, -0.2) is 4.57 Å². The van der Waals surface area contributed by atoms with Gasteiger partial charge in [0.05, 0.1) is 11.0 Å². The Bertz CT molecular complexity index is 2440. The normalized spacial score (nSPS) is 11.8. The molecule has 9 rings (SSSR count). The summed E-state index contributed by atoms with van der Waals surface area (Å²) in [6.07, 6.45) is 0. The number of aromatic nitrogens is 1. The fourth-order valence-corrected chi connectivity index (χ4v) is 7.80. The molecule has 0 spiro atoms. The summed E-state index contributed by atoms with van der Waals surface area (Å²) in [7, 11) is 0. The lowest BCUT2D eigenvalue weighted by Crippen LogP contribution is -1.93. The van der Waals surface area contributed by atoms with Crippen LogP contribution in [0.5, 0.6) is 0 Å². The molecule has 7 aromatic carbocycles. The molecule has 0 bridgehead atoms. The highest BCUT2D eigenvalue weighted by atomic mass is 32.1. The Morgan fingerprint density at radius 2 is 1.10 bits per heavy atom. The van der Waals surface area contributed by atoms with Gasteiger partial charge in [-0.1, -0.05) is 109 Å². The first-order valence-electron chi connectivity index (χ1n) is 14.4. The SMILES string of the molecule is c1ccc(-c2ccc(-n3c4ccc(-c5cccc6ccccc56)cc4c4c5c(ccc43)sc3ccccc35)cc2)cc1. The van der Waals surface area contributed by atoms with Gasteiger partial charge in [0.1, 0.15) is 0 Å². The van der Waals surface area contributed by atoms with E-state index in [-0.39, 0.29) is 0 Å². The summed E-state index contributed by atoms with van der Waals surface area (Å²) in [6.45, 7) is 0. The molecule has 9 aromatic rings. The summed E-state index contributed by atoms with van der Waals surface area (Å²) in [5.41, 5.74) is 8.61. The summed E-state index contributed by atoms with van der Waals surface area (Å²) >= 11 is 1.88. The number of rotatable bonds is 3. The molecule has 1 nitrogen and oxygen atoms in total. The molecule has 196 valence electrons. The lowest BCUT2D eigenvalue weighted by Gasteiger charge is -2.10. The van der Waals surface area contributed by atoms with Crippen LogP contribution in [0.2, 0.25) is 0 Å². The Kier molecular flexibility index (Phi) is 5.13. The van der Waals surface area contributed by atoms with E-state index in [1.165, 1.54) is 80.7 Å². The van der Waals surface area contributed by atoms with Crippen LogP contribution in [0.1, 0.15) is 0 Å². The second-order valence-corrected chi connectivity index (χ2v) is 12.0. The lowest BCUT2D eigenvalue weighted by atomic mass is 9.96. The van der Waals surface area contributed by atoms with Crippen molar-refractivity contribution in [2.45, 2.75) is 0 Å². The molecule has 2 heterocycles. The second kappa shape index (κ2) is 9.17. The minimum absolute atomic E-state index is 1.17. The number of thiophene rings is 1. The van der Waals surface area contributed by atoms with Gasteiger partial charge >= 0.3 is 0 Å². The van der Waals surface area contributed by atoms with Crippen molar-refractivity contribution in [1.29, 1.82) is 0 Å². The van der Waals surface area contributed by atoms with Gasteiger partial charge in [0.15, 0.2) is 0 Å². The van der Waals surface area contributed by atoms with Crippen LogP contribution in [0.3, 0.4) is 0 Å². The minimum atomic E-state index is 1.17. The largest absolute Gasteiger partial charge is 0.309 e. The van der Waals surface area contributed by atoms with E-state index in [1.54, 1.807) is 0 Å². The van der Waals surface area contributed by atoms with E-state index < -0.39 is 0 Å². The summed E-state index contributed by atoms with van der Waals surface area (Å²) in [5.74, 6) is 0. The van der Waals surface area contributed by atoms with E-state index >= 15 is 0 Å². The average molecular weight is 552 g/mol. The first-order chi connectivity index (χ1) is 20.8. The van der Waals surface area contributed by atoms with Crippen molar-refractivity contribution in [2.24, 2.45) is 0 Å². The third-order valence-corrected chi connectivity index (χ3v) is 9.74. The molecular weight excluding hydrogens is 527 g/mol. The predicted molar refractivity (Wildman–Crippen MR) is 182 cm³/mol. The summed E-state index contributed by atoms with van der Waals surface area (Å²) in [4.78, 5) is 0. The van der Waals surface area contributed by atoms with Crippen LogP contribution >= 0.6 is 11.3 Å². The zero-order valence-corrected chi connectivity index (χ0v) is 23.6. The minimum Gasteiger partial charge on any atom is -0.309 e. The number of nitrogens with zero attached hydrogens (tertiary/aromatic N) is 1. The molecule has 0 radical (unpaired) electrons. The van der Waals surface area contributed by atoms with Gasteiger partial charge in [-0.2, -0.15) is 0 Å². The predicted octanol–water partition coefficient (Wildman–Crippen LogP) is 11.6. The van der Waals surface area contributed by atoms with Gasteiger partial charge in [0.25, 0.3) is 0 Å². The standard InChI is InChI=1S/C40H25NS/c1-2-9-26(10-3-1)27-17-20-30(21-18-27)41-35-22-19-29(32-15-8-12-28-11-4-5-13-31(28)32)25-34(35)39-36(41)23-24-38-40(39)33-14-6-7-16-37(33)42-38/h1-25H. The Morgan fingerprint density at radius 1 is 0.405 bits per heavy atom. The maximum atomic E-state index is 2.44. The molecule has 0 atom stereocenters. The summed E-state index contributed by atoms with van der Waals surface area (Å²) in [6, 6.07) is 55.4. The monoisotopic (exact) mass is 551 g/mol. The molecule has 42 heavy (non-hydrogen) atoms. The molecule has 0 saturated carbocycles. The number of hydrogen-bond donors (Lipinski definition) is 0. The number of fused-ring (bicyclic) bond motifs is 8. The molecular formula is C40H25NS. The van der Waals surface area contributed by atoms with Gasteiger partial charge < -0.3 is 4.57 Å². The molecule has 0 unspecified atom stereocenters. The molecule has 2 aromatic heterocycles. The zero-order chi connectivity index (χ0) is 27.6. The summed E-state index contributed by atoms with van der Waals surface area (Å²) in [5, 5.41) is 7.85. The topological polar surface area (TPSA) is 4.93 Å². The highest BCUT2D eigenvalue weighted by Crippen LogP contribution is 2.44. The third-order valence-electron chi connectivity index (χ3n) is 8.60. The smallest absolute Gasteiger partial charge is 0.0548 e. The Morgan fingerprint density at radius 3 is 1.98 bits per heavy atom. The fraction of sp³-hybridized carbons (Fsp3) is 0. The Labute approximate surface area is 247 Å². The Balaban J connectivity index is 1.36. The van der Waals surface area contributed by atoms with E-state index in [0.29, 0.717) is 0 Å². The molecule has 0 aliphatic heterocycles. The van der Waals surface area contributed by atoms with Gasteiger partial charge in [-0.15, -0.1) is 11.3 Å². The maximum absolute atomic E-state index is 2.44. The molecule has 2 heteroatoms. The molecule has 0 aliphatic rings. The van der Waals surface area contributed by atoms with Crippen LogP contribution in [0.15, 0.2) is 152 Å². The van der Waals surface area contributed by atoms with Crippen molar-refractivity contribution in [3.8, 4) is 27.9 Å². The van der Waals surface area contributed by atoms with Crippen molar-refractivity contribution in [3.05, 3.63) is 152 Å². The van der Waals surface area contributed by atoms with Crippen molar-refractivity contribution in [3.63, 3.8) is 0 Å². The zero-order valence-electron chi connectivity index (χ0n) is 22.8. The van der Waals surface area contributed by atoms with Crippen molar-refractivity contribution in [2.75, 3.05) is 0 Å². The van der Waals surface area contributed by atoms with Gasteiger partial charge in [-0.25, -0.2) is 0 Å².